The average Bonchev–Trinajstić information content (AvgIpc) is 3.09. The molecular weight excluding hydrogens is 242 g/mol. The fraction of sp³-hybridized carbons (Fsp3) is 0.455. The summed E-state index contributed by atoms with van der Waals surface area (Å²) in [5.41, 5.74) is 0.610. The van der Waals surface area contributed by atoms with Crippen LogP contribution in [-0.4, -0.2) is 40.2 Å². The number of pyridine rings is 1. The van der Waals surface area contributed by atoms with Crippen LogP contribution in [0.25, 0.3) is 0 Å². The monoisotopic (exact) mass is 255 g/mol. The zero-order valence-electron chi connectivity index (χ0n) is 9.27. The number of nitrogens with one attached hydrogen (secondary N) is 1. The van der Waals surface area contributed by atoms with Gasteiger partial charge in [0.15, 0.2) is 0 Å². The van der Waals surface area contributed by atoms with E-state index in [1.165, 1.54) is 6.20 Å². The lowest BCUT2D eigenvalue weighted by Crippen LogP contribution is -2.38. The molecule has 1 aliphatic carbocycles. The summed E-state index contributed by atoms with van der Waals surface area (Å²) >= 11 is 5.73. The van der Waals surface area contributed by atoms with E-state index in [1.54, 1.807) is 17.0 Å². The Morgan fingerprint density at radius 1 is 1.65 bits per heavy atom. The molecule has 1 aromatic rings. The number of carbonyl (C=O) groups is 1. The van der Waals surface area contributed by atoms with Gasteiger partial charge in [-0.15, -0.1) is 0 Å². The van der Waals surface area contributed by atoms with Crippen molar-refractivity contribution in [3.8, 4) is 0 Å². The lowest BCUT2D eigenvalue weighted by atomic mass is 10.4. The fourth-order valence-electron chi connectivity index (χ4n) is 1.62. The minimum absolute atomic E-state index is 0.0268. The van der Waals surface area contributed by atoms with E-state index in [4.69, 9.17) is 16.7 Å². The van der Waals surface area contributed by atoms with Crippen LogP contribution in [0.3, 0.4) is 0 Å². The van der Waals surface area contributed by atoms with E-state index in [9.17, 15) is 4.79 Å². The van der Waals surface area contributed by atoms with E-state index < -0.39 is 0 Å². The fourth-order valence-corrected chi connectivity index (χ4v) is 1.79. The van der Waals surface area contributed by atoms with E-state index in [0.29, 0.717) is 17.4 Å². The first-order valence-corrected chi connectivity index (χ1v) is 5.88. The maximum absolute atomic E-state index is 11.9. The van der Waals surface area contributed by atoms with Crippen LogP contribution in [0.1, 0.15) is 12.8 Å². The molecule has 2 rings (SSSR count). The number of carbonyl (C=O) groups excluding carboxylic acids is 1. The Balaban J connectivity index is 1.99. The molecule has 1 aromatic heterocycles. The number of aliphatic hydroxyl groups excluding tert-OH is 1. The summed E-state index contributed by atoms with van der Waals surface area (Å²) < 4.78 is 0. The lowest BCUT2D eigenvalue weighted by molar-refractivity contribution is 0.185. The van der Waals surface area contributed by atoms with E-state index >= 15 is 0 Å². The molecule has 2 N–H and O–H groups in total. The minimum Gasteiger partial charge on any atom is -0.395 e. The van der Waals surface area contributed by atoms with Gasteiger partial charge in [-0.25, -0.2) is 9.78 Å². The van der Waals surface area contributed by atoms with Crippen LogP contribution >= 0.6 is 11.6 Å². The summed E-state index contributed by atoms with van der Waals surface area (Å²) in [5, 5.41) is 12.0. The number of anilines is 1. The molecule has 5 nitrogen and oxygen atoms in total. The van der Waals surface area contributed by atoms with Gasteiger partial charge in [-0.05, 0) is 25.0 Å². The minimum atomic E-state index is -0.205. The van der Waals surface area contributed by atoms with Crippen molar-refractivity contribution in [2.24, 2.45) is 0 Å². The molecular formula is C11H14ClN3O2. The molecule has 92 valence electrons. The summed E-state index contributed by atoms with van der Waals surface area (Å²) in [6, 6.07) is 3.32. The van der Waals surface area contributed by atoms with Crippen molar-refractivity contribution < 1.29 is 9.90 Å². The van der Waals surface area contributed by atoms with Crippen molar-refractivity contribution in [1.82, 2.24) is 9.88 Å². The Bertz CT molecular complexity index is 409. The first kappa shape index (κ1) is 12.1. The van der Waals surface area contributed by atoms with Gasteiger partial charge < -0.3 is 15.3 Å². The summed E-state index contributed by atoms with van der Waals surface area (Å²) in [6.07, 6.45) is 3.54. The molecule has 0 unspecified atom stereocenters. The molecule has 0 spiro atoms. The molecule has 2 amide bonds. The molecule has 0 radical (unpaired) electrons. The Morgan fingerprint density at radius 2 is 2.41 bits per heavy atom. The molecule has 1 saturated carbocycles. The molecule has 0 atom stereocenters. The van der Waals surface area contributed by atoms with E-state index in [2.05, 4.69) is 10.3 Å². The lowest BCUT2D eigenvalue weighted by Gasteiger charge is -2.21. The van der Waals surface area contributed by atoms with Crippen LogP contribution < -0.4 is 5.32 Å². The highest BCUT2D eigenvalue weighted by molar-refractivity contribution is 6.29. The Labute approximate surface area is 104 Å². The van der Waals surface area contributed by atoms with Crippen LogP contribution in [0.15, 0.2) is 18.3 Å². The van der Waals surface area contributed by atoms with Gasteiger partial charge in [0.1, 0.15) is 5.15 Å². The number of hydrogen-bond acceptors (Lipinski definition) is 3. The largest absolute Gasteiger partial charge is 0.395 e. The summed E-state index contributed by atoms with van der Waals surface area (Å²) in [4.78, 5) is 17.4. The summed E-state index contributed by atoms with van der Waals surface area (Å²) in [6.45, 7) is 0.330. The molecule has 0 aromatic carbocycles. The van der Waals surface area contributed by atoms with Gasteiger partial charge in [0, 0.05) is 24.5 Å². The van der Waals surface area contributed by atoms with Crippen LogP contribution in [0, 0.1) is 0 Å². The maximum Gasteiger partial charge on any atom is 0.322 e. The molecule has 1 aliphatic rings. The van der Waals surface area contributed by atoms with Crippen molar-refractivity contribution >= 4 is 23.3 Å². The molecule has 6 heteroatoms. The van der Waals surface area contributed by atoms with Gasteiger partial charge in [-0.1, -0.05) is 11.6 Å². The van der Waals surface area contributed by atoms with E-state index in [-0.39, 0.29) is 18.7 Å². The molecule has 1 heterocycles. The van der Waals surface area contributed by atoms with Gasteiger partial charge in [0.2, 0.25) is 0 Å². The topological polar surface area (TPSA) is 65.5 Å². The molecule has 0 bridgehead atoms. The number of urea groups is 1. The number of nitrogens with zero attached hydrogens (tertiary/aromatic N) is 2. The summed E-state index contributed by atoms with van der Waals surface area (Å²) in [7, 11) is 0. The third kappa shape index (κ3) is 3.31. The smallest absolute Gasteiger partial charge is 0.322 e. The molecule has 17 heavy (non-hydrogen) atoms. The van der Waals surface area contributed by atoms with Crippen molar-refractivity contribution in [2.45, 2.75) is 18.9 Å². The van der Waals surface area contributed by atoms with Crippen molar-refractivity contribution in [1.29, 1.82) is 0 Å². The quantitative estimate of drug-likeness (QED) is 0.806. The van der Waals surface area contributed by atoms with E-state index in [0.717, 1.165) is 12.8 Å². The van der Waals surface area contributed by atoms with Gasteiger partial charge in [-0.3, -0.25) is 0 Å². The molecule has 0 aliphatic heterocycles. The number of rotatable bonds is 4. The zero-order valence-corrected chi connectivity index (χ0v) is 10.0. The number of amides is 2. The molecule has 1 fully saturated rings. The Kier molecular flexibility index (Phi) is 3.81. The van der Waals surface area contributed by atoms with Crippen LogP contribution in [-0.2, 0) is 0 Å². The SMILES string of the molecule is O=C(Nc1ccnc(Cl)c1)N(CCO)C1CC1. The van der Waals surface area contributed by atoms with Gasteiger partial charge in [0.25, 0.3) is 0 Å². The predicted molar refractivity (Wildman–Crippen MR) is 65.1 cm³/mol. The predicted octanol–water partition coefficient (Wildman–Crippen LogP) is 1.72. The number of halogens is 1. The third-order valence-electron chi connectivity index (χ3n) is 2.57. The Hall–Kier alpha value is -1.33. The van der Waals surface area contributed by atoms with Crippen LogP contribution in [0.4, 0.5) is 10.5 Å². The maximum atomic E-state index is 11.9. The second-order valence-corrected chi connectivity index (χ2v) is 4.33. The van der Waals surface area contributed by atoms with Crippen LogP contribution in [0.5, 0.6) is 0 Å². The average molecular weight is 256 g/mol. The highest BCUT2D eigenvalue weighted by Gasteiger charge is 2.32. The zero-order chi connectivity index (χ0) is 12.3. The first-order chi connectivity index (χ1) is 8.20. The van der Waals surface area contributed by atoms with Gasteiger partial charge in [0.05, 0.1) is 6.61 Å². The second-order valence-electron chi connectivity index (χ2n) is 3.95. The highest BCUT2D eigenvalue weighted by Crippen LogP contribution is 2.27. The normalized spacial score (nSPS) is 14.5. The first-order valence-electron chi connectivity index (χ1n) is 5.51. The number of aromatic nitrogens is 1. The van der Waals surface area contributed by atoms with Crippen molar-refractivity contribution in [3.63, 3.8) is 0 Å². The van der Waals surface area contributed by atoms with Crippen LogP contribution in [0.2, 0.25) is 5.15 Å². The van der Waals surface area contributed by atoms with Gasteiger partial charge in [-0.2, -0.15) is 0 Å². The van der Waals surface area contributed by atoms with Crippen molar-refractivity contribution in [3.05, 3.63) is 23.5 Å². The number of aliphatic hydroxyl groups is 1. The van der Waals surface area contributed by atoms with Crippen molar-refractivity contribution in [2.75, 3.05) is 18.5 Å². The highest BCUT2D eigenvalue weighted by atomic mass is 35.5. The standard InChI is InChI=1S/C11H14ClN3O2/c12-10-7-8(3-4-13-10)14-11(17)15(5-6-16)9-1-2-9/h3-4,7,9,16H,1-2,5-6H2,(H,13,14,17). The van der Waals surface area contributed by atoms with E-state index in [1.807, 2.05) is 0 Å². The second kappa shape index (κ2) is 5.33. The number of hydrogen-bond donors (Lipinski definition) is 2. The molecule has 0 saturated heterocycles. The van der Waals surface area contributed by atoms with Gasteiger partial charge >= 0.3 is 6.03 Å². The summed E-state index contributed by atoms with van der Waals surface area (Å²) in [5.74, 6) is 0. The third-order valence-corrected chi connectivity index (χ3v) is 2.77. The Morgan fingerprint density at radius 3 is 3.00 bits per heavy atom.